The molecule has 0 aliphatic heterocycles. The average Bonchev–Trinajstić information content (AvgIpc) is 2.28. The van der Waals surface area contributed by atoms with Crippen molar-refractivity contribution in [3.63, 3.8) is 0 Å². The first-order valence-electron chi connectivity index (χ1n) is 4.61. The van der Waals surface area contributed by atoms with Crippen LogP contribution in [0.4, 0.5) is 23.2 Å². The Labute approximate surface area is 101 Å². The van der Waals surface area contributed by atoms with Gasteiger partial charge in [0.05, 0.1) is 5.69 Å². The highest BCUT2D eigenvalue weighted by molar-refractivity contribution is 7.89. The summed E-state index contributed by atoms with van der Waals surface area (Å²) in [5.74, 6) is 0. The summed E-state index contributed by atoms with van der Waals surface area (Å²) in [5, 5.41) is 0. The molecule has 9 heteroatoms. The van der Waals surface area contributed by atoms with E-state index in [0.29, 0.717) is 7.05 Å². The quantitative estimate of drug-likeness (QED) is 0.521. The maximum atomic E-state index is 13.0. The normalized spacial score (nSPS) is 13.3. The molecule has 0 aliphatic rings. The molecule has 0 atom stereocenters. The van der Waals surface area contributed by atoms with Gasteiger partial charge < -0.3 is 5.73 Å². The number of halogens is 4. The van der Waals surface area contributed by atoms with Gasteiger partial charge in [0.15, 0.2) is 0 Å². The summed E-state index contributed by atoms with van der Waals surface area (Å²) < 4.78 is 73.1. The topological polar surface area (TPSA) is 63.4 Å². The van der Waals surface area contributed by atoms with Gasteiger partial charge in [-0.1, -0.05) is 12.1 Å². The highest BCUT2D eigenvalue weighted by atomic mass is 32.2. The second-order valence-corrected chi connectivity index (χ2v) is 5.34. The molecule has 0 aromatic heterocycles. The summed E-state index contributed by atoms with van der Waals surface area (Å²) in [6.07, 6.45) is -4.14. The average molecular weight is 286 g/mol. The number of hydrogen-bond donors (Lipinski definition) is 1. The summed E-state index contributed by atoms with van der Waals surface area (Å²) in [6.45, 7) is 0. The van der Waals surface area contributed by atoms with Crippen LogP contribution in [0.25, 0.3) is 0 Å². The molecule has 1 rings (SSSR count). The van der Waals surface area contributed by atoms with Gasteiger partial charge >= 0.3 is 12.5 Å². The van der Waals surface area contributed by atoms with Crippen molar-refractivity contribution in [1.29, 1.82) is 0 Å². The number of alkyl halides is 4. The van der Waals surface area contributed by atoms with Crippen LogP contribution >= 0.6 is 0 Å². The van der Waals surface area contributed by atoms with Gasteiger partial charge in [-0.2, -0.15) is 8.78 Å². The van der Waals surface area contributed by atoms with E-state index < -0.39 is 31.7 Å². The lowest BCUT2D eigenvalue weighted by atomic mass is 10.3. The molecule has 0 radical (unpaired) electrons. The van der Waals surface area contributed by atoms with E-state index >= 15 is 0 Å². The van der Waals surface area contributed by atoms with Gasteiger partial charge in [0.1, 0.15) is 4.90 Å². The third-order valence-electron chi connectivity index (χ3n) is 2.24. The van der Waals surface area contributed by atoms with Crippen molar-refractivity contribution in [1.82, 2.24) is 4.31 Å². The maximum absolute atomic E-state index is 13.0. The van der Waals surface area contributed by atoms with E-state index in [2.05, 4.69) is 0 Å². The fourth-order valence-electron chi connectivity index (χ4n) is 1.16. The van der Waals surface area contributed by atoms with Crippen molar-refractivity contribution in [2.24, 2.45) is 0 Å². The molecule has 1 aromatic carbocycles. The fraction of sp³-hybridized carbons (Fsp3) is 0.333. The summed E-state index contributed by atoms with van der Waals surface area (Å²) >= 11 is 0. The van der Waals surface area contributed by atoms with Crippen LogP contribution in [0.3, 0.4) is 0 Å². The molecule has 0 unspecified atom stereocenters. The first kappa shape index (κ1) is 14.7. The van der Waals surface area contributed by atoms with Crippen molar-refractivity contribution in [2.45, 2.75) is 17.4 Å². The molecule has 1 aromatic rings. The molecule has 0 fully saturated rings. The van der Waals surface area contributed by atoms with Crippen molar-refractivity contribution in [2.75, 3.05) is 12.8 Å². The van der Waals surface area contributed by atoms with Crippen LogP contribution in [0.15, 0.2) is 29.2 Å². The molecule has 2 N–H and O–H groups in total. The van der Waals surface area contributed by atoms with E-state index in [0.717, 1.165) is 6.07 Å². The van der Waals surface area contributed by atoms with Crippen molar-refractivity contribution in [3.8, 4) is 0 Å². The van der Waals surface area contributed by atoms with E-state index in [9.17, 15) is 26.0 Å². The van der Waals surface area contributed by atoms with Gasteiger partial charge in [-0.3, -0.25) is 0 Å². The minimum atomic E-state index is -4.80. The zero-order valence-electron chi connectivity index (χ0n) is 9.15. The maximum Gasteiger partial charge on any atom is 0.377 e. The minimum absolute atomic E-state index is 0.297. The number of hydrogen-bond acceptors (Lipinski definition) is 3. The van der Waals surface area contributed by atoms with Crippen LogP contribution < -0.4 is 5.73 Å². The number of nitrogen functional groups attached to an aromatic ring is 1. The van der Waals surface area contributed by atoms with E-state index in [1.807, 2.05) is 0 Å². The van der Waals surface area contributed by atoms with Crippen molar-refractivity contribution >= 4 is 15.7 Å². The number of rotatable bonds is 4. The lowest BCUT2D eigenvalue weighted by molar-refractivity contribution is -0.189. The molecule has 0 aliphatic carbocycles. The Kier molecular flexibility index (Phi) is 3.86. The second-order valence-electron chi connectivity index (χ2n) is 3.40. The number of nitrogens with two attached hydrogens (primary N) is 1. The highest BCUT2D eigenvalue weighted by Gasteiger charge is 2.51. The third kappa shape index (κ3) is 2.41. The van der Waals surface area contributed by atoms with Crippen molar-refractivity contribution in [3.05, 3.63) is 24.3 Å². The zero-order valence-corrected chi connectivity index (χ0v) is 9.96. The van der Waals surface area contributed by atoms with Crippen LogP contribution in [-0.4, -0.2) is 32.2 Å². The van der Waals surface area contributed by atoms with Crippen LogP contribution in [-0.2, 0) is 10.0 Å². The van der Waals surface area contributed by atoms with Gasteiger partial charge in [0, 0.05) is 7.05 Å². The monoisotopic (exact) mass is 286 g/mol. The molecule has 0 bridgehead atoms. The molecule has 0 heterocycles. The summed E-state index contributed by atoms with van der Waals surface area (Å²) in [5.41, 5.74) is 5.03. The molecular formula is C9H10F4N2O2S. The summed E-state index contributed by atoms with van der Waals surface area (Å²) in [7, 11) is -4.43. The van der Waals surface area contributed by atoms with Crippen LogP contribution in [0.5, 0.6) is 0 Å². The molecule has 0 spiro atoms. The molecule has 0 saturated heterocycles. The fourth-order valence-corrected chi connectivity index (χ4v) is 2.47. The van der Waals surface area contributed by atoms with Gasteiger partial charge in [0.25, 0.3) is 0 Å². The number of nitrogens with zero attached hydrogens (tertiary/aromatic N) is 1. The summed E-state index contributed by atoms with van der Waals surface area (Å²) in [4.78, 5) is -0.646. The Morgan fingerprint density at radius 3 is 2.22 bits per heavy atom. The molecule has 0 saturated carbocycles. The predicted molar refractivity (Wildman–Crippen MR) is 56.8 cm³/mol. The first-order chi connectivity index (χ1) is 8.11. The van der Waals surface area contributed by atoms with E-state index in [4.69, 9.17) is 5.73 Å². The molecule has 4 nitrogen and oxygen atoms in total. The van der Waals surface area contributed by atoms with Crippen molar-refractivity contribution < 1.29 is 26.0 Å². The lowest BCUT2D eigenvalue weighted by Crippen LogP contribution is -2.47. The number of benzene rings is 1. The summed E-state index contributed by atoms with van der Waals surface area (Å²) in [6, 6.07) is -0.0394. The molecular weight excluding hydrogens is 276 g/mol. The lowest BCUT2D eigenvalue weighted by Gasteiger charge is -2.26. The number of sulfonamides is 1. The van der Waals surface area contributed by atoms with E-state index in [-0.39, 0.29) is 5.69 Å². The third-order valence-corrected chi connectivity index (χ3v) is 4.13. The smallest absolute Gasteiger partial charge is 0.377 e. The van der Waals surface area contributed by atoms with Gasteiger partial charge in [-0.25, -0.2) is 17.2 Å². The zero-order chi connectivity index (χ0) is 14.1. The van der Waals surface area contributed by atoms with Crippen LogP contribution in [0.1, 0.15) is 0 Å². The Morgan fingerprint density at radius 2 is 1.78 bits per heavy atom. The van der Waals surface area contributed by atoms with E-state index in [1.54, 1.807) is 0 Å². The van der Waals surface area contributed by atoms with Crippen LogP contribution in [0, 0.1) is 0 Å². The van der Waals surface area contributed by atoms with E-state index in [1.165, 1.54) is 18.2 Å². The molecule has 0 amide bonds. The van der Waals surface area contributed by atoms with Crippen LogP contribution in [0.2, 0.25) is 0 Å². The van der Waals surface area contributed by atoms with Gasteiger partial charge in [-0.05, 0) is 12.1 Å². The largest absolute Gasteiger partial charge is 0.398 e. The standard InChI is InChI=1S/C9H10F4N2O2S/c1-15(9(12,13)8(10)11)18(16,17)7-5-3-2-4-6(7)14/h2-5,8H,14H2,1H3. The molecule has 18 heavy (non-hydrogen) atoms. The Bertz CT molecular complexity index is 533. The second kappa shape index (κ2) is 4.73. The number of para-hydroxylation sites is 1. The SMILES string of the molecule is CN(C(F)(F)C(F)F)S(=O)(=O)c1ccccc1N. The van der Waals surface area contributed by atoms with Gasteiger partial charge in [0.2, 0.25) is 10.0 Å². The number of anilines is 1. The Balaban J connectivity index is 3.29. The minimum Gasteiger partial charge on any atom is -0.398 e. The Hall–Kier alpha value is -1.35. The van der Waals surface area contributed by atoms with Gasteiger partial charge in [-0.15, -0.1) is 4.31 Å². The first-order valence-corrected chi connectivity index (χ1v) is 6.05. The predicted octanol–water partition coefficient (Wildman–Crippen LogP) is 1.75. The highest BCUT2D eigenvalue weighted by Crippen LogP contribution is 2.32. The Morgan fingerprint density at radius 1 is 1.28 bits per heavy atom. The molecule has 102 valence electrons.